The zero-order valence-corrected chi connectivity index (χ0v) is 12.6. The zero-order chi connectivity index (χ0) is 16.6. The Balaban J connectivity index is 1.75. The highest BCUT2D eigenvalue weighted by atomic mass is 16.5. The Kier molecular flexibility index (Phi) is 2.51. The van der Waals surface area contributed by atoms with Crippen LogP contribution in [-0.4, -0.2) is 34.1 Å². The van der Waals surface area contributed by atoms with Gasteiger partial charge in [-0.2, -0.15) is 0 Å². The van der Waals surface area contributed by atoms with Crippen LogP contribution in [-0.2, 0) is 14.3 Å². The Morgan fingerprint density at radius 1 is 1.04 bits per heavy atom. The molecule has 4 rings (SSSR count). The van der Waals surface area contributed by atoms with Gasteiger partial charge in [-0.25, -0.2) is 9.69 Å². The van der Waals surface area contributed by atoms with Gasteiger partial charge in [-0.05, 0) is 38.1 Å². The van der Waals surface area contributed by atoms with E-state index in [0.717, 1.165) is 4.90 Å². The van der Waals surface area contributed by atoms with Crippen LogP contribution in [0.2, 0.25) is 0 Å². The minimum Gasteiger partial charge on any atom is -0.478 e. The number of carboxylic acids is 1. The molecule has 0 saturated carbocycles. The maximum atomic E-state index is 12.8. The average molecular weight is 313 g/mol. The molecular weight excluding hydrogens is 298 g/mol. The fourth-order valence-corrected chi connectivity index (χ4v) is 4.04. The lowest BCUT2D eigenvalue weighted by Gasteiger charge is -2.25. The molecule has 0 unspecified atom stereocenters. The van der Waals surface area contributed by atoms with Crippen molar-refractivity contribution in [3.8, 4) is 0 Å². The lowest BCUT2D eigenvalue weighted by atomic mass is 9.73. The Bertz CT molecular complexity index is 747. The van der Waals surface area contributed by atoms with Gasteiger partial charge >= 0.3 is 5.97 Å². The van der Waals surface area contributed by atoms with Crippen LogP contribution >= 0.6 is 0 Å². The van der Waals surface area contributed by atoms with E-state index < -0.39 is 29.0 Å². The van der Waals surface area contributed by atoms with Crippen molar-refractivity contribution in [2.45, 2.75) is 25.0 Å². The van der Waals surface area contributed by atoms with E-state index in [4.69, 9.17) is 9.84 Å². The standard InChI is InChI=1S/C17H15NO5/c1-16-7-8-17(2,23-16)12-11(16)13(19)18(14(12)20)10-5-3-9(4-6-10)15(21)22/h3-8,11-12H,1-2H3,(H,21,22)/t11-,12-,16-,17+/m1/s1. The summed E-state index contributed by atoms with van der Waals surface area (Å²) in [6, 6.07) is 5.75. The number of fused-ring (bicyclic) bond motifs is 5. The normalized spacial score (nSPS) is 37.6. The third-order valence-electron chi connectivity index (χ3n) is 5.10. The number of carboxylic acid groups (broad SMARTS) is 1. The molecule has 3 aliphatic heterocycles. The number of ether oxygens (including phenoxy) is 1. The molecule has 23 heavy (non-hydrogen) atoms. The second-order valence-corrected chi connectivity index (χ2v) is 6.62. The molecule has 6 heteroatoms. The number of imide groups is 1. The van der Waals surface area contributed by atoms with E-state index >= 15 is 0 Å². The summed E-state index contributed by atoms with van der Waals surface area (Å²) in [5.41, 5.74) is -1.02. The van der Waals surface area contributed by atoms with Crippen LogP contribution in [0.15, 0.2) is 36.4 Å². The van der Waals surface area contributed by atoms with Crippen LogP contribution in [0.5, 0.6) is 0 Å². The van der Waals surface area contributed by atoms with E-state index in [-0.39, 0.29) is 17.4 Å². The summed E-state index contributed by atoms with van der Waals surface area (Å²) < 4.78 is 5.93. The lowest BCUT2D eigenvalue weighted by Crippen LogP contribution is -2.39. The van der Waals surface area contributed by atoms with Gasteiger partial charge in [0, 0.05) is 0 Å². The highest BCUT2D eigenvalue weighted by Gasteiger charge is 2.70. The SMILES string of the molecule is C[C@]12C=C[C@](C)(O1)[C@H]1C(=O)N(c3ccc(C(=O)O)cc3)C(=O)[C@@H]12. The first kappa shape index (κ1) is 14.1. The Labute approximate surface area is 132 Å². The maximum absolute atomic E-state index is 12.8. The molecule has 3 heterocycles. The van der Waals surface area contributed by atoms with Crippen molar-refractivity contribution < 1.29 is 24.2 Å². The van der Waals surface area contributed by atoms with Crippen molar-refractivity contribution in [2.24, 2.45) is 11.8 Å². The number of benzene rings is 1. The van der Waals surface area contributed by atoms with E-state index in [2.05, 4.69) is 0 Å². The van der Waals surface area contributed by atoms with Crippen LogP contribution in [0.4, 0.5) is 5.69 Å². The summed E-state index contributed by atoms with van der Waals surface area (Å²) in [6.07, 6.45) is 3.72. The molecule has 2 amide bonds. The summed E-state index contributed by atoms with van der Waals surface area (Å²) in [4.78, 5) is 37.7. The van der Waals surface area contributed by atoms with Crippen molar-refractivity contribution in [1.29, 1.82) is 0 Å². The van der Waals surface area contributed by atoms with E-state index in [1.807, 2.05) is 26.0 Å². The summed E-state index contributed by atoms with van der Waals surface area (Å²) in [6.45, 7) is 3.64. The molecule has 4 atom stereocenters. The van der Waals surface area contributed by atoms with Crippen molar-refractivity contribution >= 4 is 23.5 Å². The number of aromatic carboxylic acids is 1. The van der Waals surface area contributed by atoms with Crippen LogP contribution < -0.4 is 4.90 Å². The second-order valence-electron chi connectivity index (χ2n) is 6.62. The molecule has 2 bridgehead atoms. The number of nitrogens with zero attached hydrogens (tertiary/aromatic N) is 1. The number of carbonyl (C=O) groups excluding carboxylic acids is 2. The molecule has 1 aromatic carbocycles. The average Bonchev–Trinajstić information content (AvgIpc) is 3.04. The zero-order valence-electron chi connectivity index (χ0n) is 12.6. The Hall–Kier alpha value is -2.47. The fraction of sp³-hybridized carbons (Fsp3) is 0.353. The predicted octanol–water partition coefficient (Wildman–Crippen LogP) is 1.61. The van der Waals surface area contributed by atoms with Gasteiger partial charge in [0.25, 0.3) is 0 Å². The molecule has 3 aliphatic rings. The number of amides is 2. The number of hydrogen-bond donors (Lipinski definition) is 1. The minimum absolute atomic E-state index is 0.108. The van der Waals surface area contributed by atoms with Gasteiger partial charge in [-0.3, -0.25) is 9.59 Å². The van der Waals surface area contributed by atoms with Crippen molar-refractivity contribution in [2.75, 3.05) is 4.90 Å². The molecule has 1 aromatic rings. The topological polar surface area (TPSA) is 83.9 Å². The van der Waals surface area contributed by atoms with Crippen LogP contribution in [0.1, 0.15) is 24.2 Å². The van der Waals surface area contributed by atoms with Gasteiger partial charge in [0.15, 0.2) is 0 Å². The van der Waals surface area contributed by atoms with Gasteiger partial charge in [-0.1, -0.05) is 12.2 Å². The number of rotatable bonds is 2. The largest absolute Gasteiger partial charge is 0.478 e. The van der Waals surface area contributed by atoms with Crippen LogP contribution in [0.25, 0.3) is 0 Å². The third kappa shape index (κ3) is 1.64. The summed E-state index contributed by atoms with van der Waals surface area (Å²) in [5.74, 6) is -2.71. The molecule has 6 nitrogen and oxygen atoms in total. The monoisotopic (exact) mass is 313 g/mol. The van der Waals surface area contributed by atoms with Gasteiger partial charge in [0.1, 0.15) is 0 Å². The van der Waals surface area contributed by atoms with Gasteiger partial charge in [-0.15, -0.1) is 0 Å². The predicted molar refractivity (Wildman–Crippen MR) is 79.9 cm³/mol. The molecule has 0 aromatic heterocycles. The smallest absolute Gasteiger partial charge is 0.335 e. The van der Waals surface area contributed by atoms with Crippen molar-refractivity contribution in [3.63, 3.8) is 0 Å². The molecular formula is C17H15NO5. The maximum Gasteiger partial charge on any atom is 0.335 e. The molecule has 2 fully saturated rings. The summed E-state index contributed by atoms with van der Waals surface area (Å²) in [5, 5.41) is 8.95. The van der Waals surface area contributed by atoms with Crippen LogP contribution in [0, 0.1) is 11.8 Å². The lowest BCUT2D eigenvalue weighted by molar-refractivity contribution is -0.128. The van der Waals surface area contributed by atoms with E-state index in [1.54, 1.807) is 0 Å². The highest BCUT2D eigenvalue weighted by molar-refractivity contribution is 6.23. The summed E-state index contributed by atoms with van der Waals surface area (Å²) in [7, 11) is 0. The first-order valence-corrected chi connectivity index (χ1v) is 7.39. The molecule has 0 radical (unpaired) electrons. The quantitative estimate of drug-likeness (QED) is 0.662. The first-order chi connectivity index (χ1) is 10.8. The second kappa shape index (κ2) is 4.08. The van der Waals surface area contributed by atoms with Crippen molar-refractivity contribution in [3.05, 3.63) is 42.0 Å². The summed E-state index contributed by atoms with van der Waals surface area (Å²) >= 11 is 0. The Morgan fingerprint density at radius 2 is 1.52 bits per heavy atom. The van der Waals surface area contributed by atoms with Gasteiger partial charge in [0.05, 0.1) is 34.3 Å². The Morgan fingerprint density at radius 3 is 1.96 bits per heavy atom. The molecule has 118 valence electrons. The number of hydrogen-bond acceptors (Lipinski definition) is 4. The molecule has 0 aliphatic carbocycles. The highest BCUT2D eigenvalue weighted by Crippen LogP contribution is 2.57. The van der Waals surface area contributed by atoms with E-state index in [9.17, 15) is 14.4 Å². The number of anilines is 1. The van der Waals surface area contributed by atoms with Crippen LogP contribution in [0.3, 0.4) is 0 Å². The van der Waals surface area contributed by atoms with E-state index in [1.165, 1.54) is 24.3 Å². The van der Waals surface area contributed by atoms with Gasteiger partial charge in [0.2, 0.25) is 11.8 Å². The molecule has 0 spiro atoms. The van der Waals surface area contributed by atoms with E-state index in [0.29, 0.717) is 5.69 Å². The minimum atomic E-state index is -1.05. The van der Waals surface area contributed by atoms with Crippen molar-refractivity contribution in [1.82, 2.24) is 0 Å². The molecule has 2 saturated heterocycles. The number of carbonyl (C=O) groups is 3. The van der Waals surface area contributed by atoms with Gasteiger partial charge < -0.3 is 9.84 Å². The fourth-order valence-electron chi connectivity index (χ4n) is 4.04. The third-order valence-corrected chi connectivity index (χ3v) is 5.10. The first-order valence-electron chi connectivity index (χ1n) is 7.39. The molecule has 1 N–H and O–H groups in total.